The first-order chi connectivity index (χ1) is 7.86. The van der Waals surface area contributed by atoms with E-state index in [9.17, 15) is 0 Å². The summed E-state index contributed by atoms with van der Waals surface area (Å²) in [5.74, 6) is 0. The van der Waals surface area contributed by atoms with Crippen LogP contribution in [0.1, 0.15) is 37.8 Å². The summed E-state index contributed by atoms with van der Waals surface area (Å²) >= 11 is 0. The highest BCUT2D eigenvalue weighted by Crippen LogP contribution is 2.23. The van der Waals surface area contributed by atoms with Gasteiger partial charge in [0.15, 0.2) is 0 Å². The molecule has 1 atom stereocenters. The van der Waals surface area contributed by atoms with E-state index in [-0.39, 0.29) is 0 Å². The van der Waals surface area contributed by atoms with Crippen LogP contribution in [0.15, 0.2) is 30.6 Å². The number of pyridine rings is 1. The summed E-state index contributed by atoms with van der Waals surface area (Å²) in [6, 6.07) is 6.61. The Morgan fingerprint density at radius 1 is 1.44 bits per heavy atom. The predicted molar refractivity (Wildman–Crippen MR) is 66.5 cm³/mol. The highest BCUT2D eigenvalue weighted by Gasteiger charge is 2.13. The molecule has 0 spiro atoms. The molecule has 0 aliphatic heterocycles. The van der Waals surface area contributed by atoms with Crippen molar-refractivity contribution >= 4 is 5.52 Å². The van der Waals surface area contributed by atoms with Crippen molar-refractivity contribution < 1.29 is 0 Å². The molecule has 3 nitrogen and oxygen atoms in total. The Kier molecular flexibility index (Phi) is 3.57. The number of nitrogens with zero attached hydrogens (tertiary/aromatic N) is 2. The van der Waals surface area contributed by atoms with E-state index in [2.05, 4.69) is 29.5 Å². The third kappa shape index (κ3) is 2.09. The SMILES string of the molecule is CCCCC(NC)c1cnn2ccccc12. The molecule has 2 rings (SSSR count). The minimum absolute atomic E-state index is 0.417. The zero-order valence-electron chi connectivity index (χ0n) is 9.98. The first-order valence-corrected chi connectivity index (χ1v) is 5.96. The van der Waals surface area contributed by atoms with Gasteiger partial charge in [-0.1, -0.05) is 25.8 Å². The first-order valence-electron chi connectivity index (χ1n) is 5.96. The minimum atomic E-state index is 0.417. The first kappa shape index (κ1) is 11.1. The van der Waals surface area contributed by atoms with Gasteiger partial charge in [-0.2, -0.15) is 5.10 Å². The summed E-state index contributed by atoms with van der Waals surface area (Å²) in [5, 5.41) is 7.75. The summed E-state index contributed by atoms with van der Waals surface area (Å²) in [6.07, 6.45) is 7.62. The number of hydrogen-bond acceptors (Lipinski definition) is 2. The van der Waals surface area contributed by atoms with Crippen molar-refractivity contribution in [1.29, 1.82) is 0 Å². The van der Waals surface area contributed by atoms with E-state index < -0.39 is 0 Å². The van der Waals surface area contributed by atoms with Crippen LogP contribution in [-0.2, 0) is 0 Å². The molecule has 2 aromatic heterocycles. The van der Waals surface area contributed by atoms with E-state index >= 15 is 0 Å². The molecule has 1 N–H and O–H groups in total. The van der Waals surface area contributed by atoms with Crippen LogP contribution >= 0.6 is 0 Å². The molecule has 1 unspecified atom stereocenters. The maximum Gasteiger partial charge on any atom is 0.0709 e. The third-order valence-corrected chi connectivity index (χ3v) is 3.03. The molecule has 16 heavy (non-hydrogen) atoms. The summed E-state index contributed by atoms with van der Waals surface area (Å²) < 4.78 is 1.94. The maximum absolute atomic E-state index is 4.37. The lowest BCUT2D eigenvalue weighted by atomic mass is 10.0. The largest absolute Gasteiger partial charge is 0.313 e. The lowest BCUT2D eigenvalue weighted by Gasteiger charge is -2.14. The van der Waals surface area contributed by atoms with Crippen LogP contribution in [0.25, 0.3) is 5.52 Å². The predicted octanol–water partition coefficient (Wildman–Crippen LogP) is 2.79. The van der Waals surface area contributed by atoms with Crippen molar-refractivity contribution in [1.82, 2.24) is 14.9 Å². The number of nitrogens with one attached hydrogen (secondary N) is 1. The van der Waals surface area contributed by atoms with E-state index in [1.807, 2.05) is 30.0 Å². The molecule has 0 saturated carbocycles. The molecule has 0 bridgehead atoms. The Balaban J connectivity index is 2.30. The highest BCUT2D eigenvalue weighted by atomic mass is 15.2. The third-order valence-electron chi connectivity index (χ3n) is 3.03. The molecule has 0 aromatic carbocycles. The zero-order chi connectivity index (χ0) is 11.4. The average Bonchev–Trinajstić information content (AvgIpc) is 2.75. The Hall–Kier alpha value is -1.35. The average molecular weight is 217 g/mol. The molecular formula is C13H19N3. The lowest BCUT2D eigenvalue weighted by molar-refractivity contribution is 0.525. The van der Waals surface area contributed by atoms with Gasteiger partial charge in [-0.15, -0.1) is 0 Å². The molecular weight excluding hydrogens is 198 g/mol. The monoisotopic (exact) mass is 217 g/mol. The quantitative estimate of drug-likeness (QED) is 0.834. The van der Waals surface area contributed by atoms with E-state index in [0.29, 0.717) is 6.04 Å². The van der Waals surface area contributed by atoms with Crippen molar-refractivity contribution in [2.24, 2.45) is 0 Å². The van der Waals surface area contributed by atoms with Crippen molar-refractivity contribution in [3.05, 3.63) is 36.2 Å². The molecule has 2 heterocycles. The normalized spacial score (nSPS) is 13.1. The van der Waals surface area contributed by atoms with Gasteiger partial charge in [0.2, 0.25) is 0 Å². The molecule has 0 fully saturated rings. The second-order valence-corrected chi connectivity index (χ2v) is 4.11. The zero-order valence-corrected chi connectivity index (χ0v) is 9.98. The second-order valence-electron chi connectivity index (χ2n) is 4.11. The number of fused-ring (bicyclic) bond motifs is 1. The van der Waals surface area contributed by atoms with Crippen LogP contribution < -0.4 is 5.32 Å². The smallest absolute Gasteiger partial charge is 0.0709 e. The Morgan fingerprint density at radius 3 is 3.06 bits per heavy atom. The highest BCUT2D eigenvalue weighted by molar-refractivity contribution is 5.54. The Labute approximate surface area is 96.5 Å². The van der Waals surface area contributed by atoms with Crippen molar-refractivity contribution in [3.8, 4) is 0 Å². The molecule has 0 saturated heterocycles. The van der Waals surface area contributed by atoms with Crippen molar-refractivity contribution in [2.75, 3.05) is 7.05 Å². The molecule has 0 amide bonds. The van der Waals surface area contributed by atoms with Crippen molar-refractivity contribution in [2.45, 2.75) is 32.2 Å². The van der Waals surface area contributed by atoms with Crippen LogP contribution in [0.3, 0.4) is 0 Å². The fraction of sp³-hybridized carbons (Fsp3) is 0.462. The van der Waals surface area contributed by atoms with Crippen molar-refractivity contribution in [3.63, 3.8) is 0 Å². The van der Waals surface area contributed by atoms with E-state index in [4.69, 9.17) is 0 Å². The van der Waals surface area contributed by atoms with Gasteiger partial charge in [0.05, 0.1) is 11.7 Å². The second kappa shape index (κ2) is 5.12. The van der Waals surface area contributed by atoms with Gasteiger partial charge in [-0.25, -0.2) is 4.52 Å². The molecule has 86 valence electrons. The summed E-state index contributed by atoms with van der Waals surface area (Å²) in [6.45, 7) is 2.23. The fourth-order valence-corrected chi connectivity index (χ4v) is 2.09. The van der Waals surface area contributed by atoms with E-state index in [1.165, 1.54) is 30.3 Å². The number of unbranched alkanes of at least 4 members (excludes halogenated alkanes) is 1. The van der Waals surface area contributed by atoms with E-state index in [0.717, 1.165) is 0 Å². The van der Waals surface area contributed by atoms with E-state index in [1.54, 1.807) is 0 Å². The number of aromatic nitrogens is 2. The lowest BCUT2D eigenvalue weighted by Crippen LogP contribution is -2.15. The van der Waals surface area contributed by atoms with Crippen LogP contribution in [0.5, 0.6) is 0 Å². The molecule has 3 heteroatoms. The maximum atomic E-state index is 4.37. The molecule has 0 aliphatic rings. The minimum Gasteiger partial charge on any atom is -0.313 e. The van der Waals surface area contributed by atoms with Gasteiger partial charge < -0.3 is 5.32 Å². The molecule has 0 aliphatic carbocycles. The standard InChI is InChI=1S/C13H19N3/c1-3-4-7-12(14-2)11-10-15-16-9-6-5-8-13(11)16/h5-6,8-10,12,14H,3-4,7H2,1-2H3. The topological polar surface area (TPSA) is 29.3 Å². The van der Waals surface area contributed by atoms with Gasteiger partial charge in [0, 0.05) is 17.8 Å². The van der Waals surface area contributed by atoms with Gasteiger partial charge in [-0.3, -0.25) is 0 Å². The summed E-state index contributed by atoms with van der Waals surface area (Å²) in [7, 11) is 2.02. The van der Waals surface area contributed by atoms with Gasteiger partial charge in [0.25, 0.3) is 0 Å². The molecule has 2 aromatic rings. The van der Waals surface area contributed by atoms with Gasteiger partial charge in [-0.05, 0) is 25.6 Å². The fourth-order valence-electron chi connectivity index (χ4n) is 2.09. The van der Waals surface area contributed by atoms with Crippen LogP contribution in [0, 0.1) is 0 Å². The Morgan fingerprint density at radius 2 is 2.31 bits per heavy atom. The van der Waals surface area contributed by atoms with Gasteiger partial charge >= 0.3 is 0 Å². The van der Waals surface area contributed by atoms with Crippen LogP contribution in [-0.4, -0.2) is 16.7 Å². The summed E-state index contributed by atoms with van der Waals surface area (Å²) in [4.78, 5) is 0. The van der Waals surface area contributed by atoms with Crippen LogP contribution in [0.2, 0.25) is 0 Å². The number of hydrogen-bond donors (Lipinski definition) is 1. The molecule has 0 radical (unpaired) electrons. The number of rotatable bonds is 5. The Bertz CT molecular complexity index is 447. The van der Waals surface area contributed by atoms with Crippen LogP contribution in [0.4, 0.5) is 0 Å². The summed E-state index contributed by atoms with van der Waals surface area (Å²) in [5.41, 5.74) is 2.51. The van der Waals surface area contributed by atoms with Gasteiger partial charge in [0.1, 0.15) is 0 Å².